The van der Waals surface area contributed by atoms with Crippen LogP contribution in [0.15, 0.2) is 0 Å². The van der Waals surface area contributed by atoms with Crippen LogP contribution in [0, 0.1) is 0 Å². The maximum atomic E-state index is 9.61. The van der Waals surface area contributed by atoms with Gasteiger partial charge in [-0.2, -0.15) is 0 Å². The first-order chi connectivity index (χ1) is 5.66. The van der Waals surface area contributed by atoms with Crippen molar-refractivity contribution in [3.8, 4) is 0 Å². The molecule has 2 aliphatic heterocycles. The SMILES string of the molecule is CC[N+]1(C)[C@@H]2CC[C@H]1CC(O)C2. The summed E-state index contributed by atoms with van der Waals surface area (Å²) in [5.74, 6) is 0. The molecule has 0 saturated carbocycles. The van der Waals surface area contributed by atoms with Crippen molar-refractivity contribution in [2.45, 2.75) is 50.8 Å². The van der Waals surface area contributed by atoms with Gasteiger partial charge in [-0.1, -0.05) is 0 Å². The summed E-state index contributed by atoms with van der Waals surface area (Å²) in [5.41, 5.74) is 0. The molecule has 2 fully saturated rings. The molecule has 2 saturated heterocycles. The summed E-state index contributed by atoms with van der Waals surface area (Å²) >= 11 is 0. The fourth-order valence-corrected chi connectivity index (χ4v) is 3.23. The van der Waals surface area contributed by atoms with Gasteiger partial charge in [-0.3, -0.25) is 0 Å². The summed E-state index contributed by atoms with van der Waals surface area (Å²) in [4.78, 5) is 0. The van der Waals surface area contributed by atoms with Crippen molar-refractivity contribution >= 4 is 0 Å². The lowest BCUT2D eigenvalue weighted by atomic mass is 9.97. The van der Waals surface area contributed by atoms with Gasteiger partial charge in [-0.25, -0.2) is 0 Å². The monoisotopic (exact) mass is 170 g/mol. The van der Waals surface area contributed by atoms with Crippen molar-refractivity contribution in [3.05, 3.63) is 0 Å². The average Bonchev–Trinajstić information content (AvgIpc) is 2.24. The molecule has 70 valence electrons. The Morgan fingerprint density at radius 2 is 1.75 bits per heavy atom. The lowest BCUT2D eigenvalue weighted by molar-refractivity contribution is -0.947. The molecule has 0 aromatic rings. The normalized spacial score (nSPS) is 52.8. The van der Waals surface area contributed by atoms with E-state index in [1.807, 2.05) is 0 Å². The number of nitrogens with zero attached hydrogens (tertiary/aromatic N) is 1. The van der Waals surface area contributed by atoms with E-state index in [1.54, 1.807) is 0 Å². The Labute approximate surface area is 74.8 Å². The molecule has 0 aromatic heterocycles. The molecule has 2 heteroatoms. The molecule has 0 radical (unpaired) electrons. The van der Waals surface area contributed by atoms with Crippen LogP contribution < -0.4 is 0 Å². The first-order valence-electron chi connectivity index (χ1n) is 5.19. The second-order valence-corrected chi connectivity index (χ2v) is 4.67. The summed E-state index contributed by atoms with van der Waals surface area (Å²) in [7, 11) is 2.37. The van der Waals surface area contributed by atoms with Crippen molar-refractivity contribution < 1.29 is 9.59 Å². The van der Waals surface area contributed by atoms with Gasteiger partial charge in [0.05, 0.1) is 31.8 Å². The summed E-state index contributed by atoms with van der Waals surface area (Å²) < 4.78 is 1.23. The maximum Gasteiger partial charge on any atom is 0.0917 e. The van der Waals surface area contributed by atoms with Gasteiger partial charge in [0.2, 0.25) is 0 Å². The van der Waals surface area contributed by atoms with Gasteiger partial charge in [0.1, 0.15) is 0 Å². The van der Waals surface area contributed by atoms with Gasteiger partial charge in [0, 0.05) is 25.7 Å². The second kappa shape index (κ2) is 2.71. The third-order valence-electron chi connectivity index (χ3n) is 4.27. The quantitative estimate of drug-likeness (QED) is 0.585. The highest BCUT2D eigenvalue weighted by Gasteiger charge is 2.49. The molecule has 2 aliphatic rings. The molecule has 4 atom stereocenters. The van der Waals surface area contributed by atoms with Gasteiger partial charge in [0.15, 0.2) is 0 Å². The van der Waals surface area contributed by atoms with Gasteiger partial charge >= 0.3 is 0 Å². The lowest BCUT2D eigenvalue weighted by Crippen LogP contribution is -2.58. The zero-order valence-corrected chi connectivity index (χ0v) is 8.16. The van der Waals surface area contributed by atoms with E-state index in [9.17, 15) is 5.11 Å². The van der Waals surface area contributed by atoms with E-state index in [4.69, 9.17) is 0 Å². The van der Waals surface area contributed by atoms with Crippen molar-refractivity contribution in [3.63, 3.8) is 0 Å². The predicted molar refractivity (Wildman–Crippen MR) is 48.8 cm³/mol. The van der Waals surface area contributed by atoms with E-state index in [0.717, 1.165) is 24.9 Å². The third kappa shape index (κ3) is 1.01. The Morgan fingerprint density at radius 1 is 1.25 bits per heavy atom. The molecule has 2 nitrogen and oxygen atoms in total. The Kier molecular flexibility index (Phi) is 1.92. The van der Waals surface area contributed by atoms with Crippen LogP contribution in [0.3, 0.4) is 0 Å². The molecule has 0 aromatic carbocycles. The molecular formula is C10H20NO+. The van der Waals surface area contributed by atoms with Gasteiger partial charge < -0.3 is 9.59 Å². The average molecular weight is 170 g/mol. The zero-order valence-electron chi connectivity index (χ0n) is 8.16. The number of hydrogen-bond acceptors (Lipinski definition) is 1. The molecule has 12 heavy (non-hydrogen) atoms. The second-order valence-electron chi connectivity index (χ2n) is 4.67. The molecule has 2 unspecified atom stereocenters. The van der Waals surface area contributed by atoms with Crippen molar-refractivity contribution in [1.82, 2.24) is 0 Å². The molecule has 2 heterocycles. The molecule has 2 bridgehead atoms. The Hall–Kier alpha value is -0.0800. The van der Waals surface area contributed by atoms with Crippen LogP contribution in [0.2, 0.25) is 0 Å². The Balaban J connectivity index is 2.19. The van der Waals surface area contributed by atoms with Crippen LogP contribution in [0.4, 0.5) is 0 Å². The minimum absolute atomic E-state index is 0.000231. The van der Waals surface area contributed by atoms with E-state index >= 15 is 0 Å². The number of fused-ring (bicyclic) bond motifs is 2. The van der Waals surface area contributed by atoms with E-state index in [-0.39, 0.29) is 6.10 Å². The van der Waals surface area contributed by atoms with Gasteiger partial charge in [0.25, 0.3) is 0 Å². The molecule has 1 N–H and O–H groups in total. The summed E-state index contributed by atoms with van der Waals surface area (Å²) in [5, 5.41) is 9.61. The highest BCUT2D eigenvalue weighted by atomic mass is 16.3. The molecular weight excluding hydrogens is 150 g/mol. The Morgan fingerprint density at radius 3 is 2.17 bits per heavy atom. The zero-order chi connectivity index (χ0) is 8.77. The van der Waals surface area contributed by atoms with E-state index in [1.165, 1.54) is 23.9 Å². The van der Waals surface area contributed by atoms with E-state index in [2.05, 4.69) is 14.0 Å². The lowest BCUT2D eigenvalue weighted by Gasteiger charge is -2.45. The van der Waals surface area contributed by atoms with Gasteiger partial charge in [-0.15, -0.1) is 0 Å². The van der Waals surface area contributed by atoms with Crippen LogP contribution in [0.25, 0.3) is 0 Å². The largest absolute Gasteiger partial charge is 0.393 e. The van der Waals surface area contributed by atoms with Crippen molar-refractivity contribution in [2.75, 3.05) is 13.6 Å². The molecule has 2 rings (SSSR count). The number of hydrogen-bond donors (Lipinski definition) is 1. The number of piperidine rings is 1. The molecule has 0 spiro atoms. The first-order valence-corrected chi connectivity index (χ1v) is 5.19. The van der Waals surface area contributed by atoms with Gasteiger partial charge in [-0.05, 0) is 6.92 Å². The minimum atomic E-state index is 0.000231. The van der Waals surface area contributed by atoms with Crippen LogP contribution in [-0.4, -0.2) is 41.4 Å². The van der Waals surface area contributed by atoms with Crippen LogP contribution in [-0.2, 0) is 0 Å². The number of aliphatic hydroxyl groups excluding tert-OH is 1. The Bertz CT molecular complexity index is 167. The predicted octanol–water partition coefficient (Wildman–Crippen LogP) is 1.14. The number of rotatable bonds is 1. The summed E-state index contributed by atoms with van der Waals surface area (Å²) in [6.45, 7) is 3.52. The molecule has 0 aliphatic carbocycles. The van der Waals surface area contributed by atoms with Crippen LogP contribution in [0.1, 0.15) is 32.6 Å². The highest BCUT2D eigenvalue weighted by molar-refractivity contribution is 4.85. The smallest absolute Gasteiger partial charge is 0.0917 e. The van der Waals surface area contributed by atoms with Crippen molar-refractivity contribution in [1.29, 1.82) is 0 Å². The number of quaternary nitrogens is 1. The minimum Gasteiger partial charge on any atom is -0.393 e. The number of aliphatic hydroxyl groups is 1. The highest BCUT2D eigenvalue weighted by Crippen LogP contribution is 2.40. The fraction of sp³-hybridized carbons (Fsp3) is 1.00. The van der Waals surface area contributed by atoms with E-state index in [0.29, 0.717) is 0 Å². The standard InChI is InChI=1S/C10H20NO/c1-3-11(2)8-4-5-9(11)7-10(12)6-8/h8-10,12H,3-7H2,1-2H3/q+1/t8-,9+,10?,11?. The van der Waals surface area contributed by atoms with Crippen LogP contribution in [0.5, 0.6) is 0 Å². The topological polar surface area (TPSA) is 20.2 Å². The fourth-order valence-electron chi connectivity index (χ4n) is 3.23. The summed E-state index contributed by atoms with van der Waals surface area (Å²) in [6.07, 6.45) is 4.76. The third-order valence-corrected chi connectivity index (χ3v) is 4.27. The van der Waals surface area contributed by atoms with Crippen molar-refractivity contribution in [2.24, 2.45) is 0 Å². The van der Waals surface area contributed by atoms with E-state index < -0.39 is 0 Å². The van der Waals surface area contributed by atoms with Crippen LogP contribution >= 0.6 is 0 Å². The molecule has 0 amide bonds. The summed E-state index contributed by atoms with van der Waals surface area (Å²) in [6, 6.07) is 1.51. The maximum absolute atomic E-state index is 9.61. The first kappa shape index (κ1) is 8.52.